The van der Waals surface area contributed by atoms with Crippen LogP contribution in [-0.2, 0) is 6.54 Å². The van der Waals surface area contributed by atoms with E-state index in [0.717, 1.165) is 32.9 Å². The Kier molecular flexibility index (Phi) is 4.28. The molecule has 0 saturated carbocycles. The molecule has 0 aliphatic carbocycles. The molecule has 156 valence electrons. The third-order valence-corrected chi connectivity index (χ3v) is 5.67. The highest BCUT2D eigenvalue weighted by Crippen LogP contribution is 2.38. The highest BCUT2D eigenvalue weighted by Gasteiger charge is 2.20. The second-order valence-electron chi connectivity index (χ2n) is 7.69. The lowest BCUT2D eigenvalue weighted by molar-refractivity contribution is 0.0946. The molecule has 1 aliphatic heterocycles. The van der Waals surface area contributed by atoms with Crippen molar-refractivity contribution in [1.29, 1.82) is 0 Å². The summed E-state index contributed by atoms with van der Waals surface area (Å²) < 4.78 is 11.0. The number of benzene rings is 3. The Morgan fingerprint density at radius 3 is 2.62 bits per heavy atom. The number of hydrogen-bond acceptors (Lipinski definition) is 4. The van der Waals surface area contributed by atoms with Gasteiger partial charge in [0.1, 0.15) is 5.69 Å². The number of nitrogens with zero attached hydrogens (tertiary/aromatic N) is 1. The van der Waals surface area contributed by atoms with Gasteiger partial charge in [-0.3, -0.25) is 4.79 Å². The first-order valence-corrected chi connectivity index (χ1v) is 10.4. The SMILES string of the molecule is O=C(NCc1ccccc1)c1cc2c([nH]c3ccccc32)c(-c2ccc3c(c2)OCO3)n1. The Balaban J connectivity index is 1.47. The Bertz CT molecular complexity index is 1470. The van der Waals surface area contributed by atoms with Gasteiger partial charge < -0.3 is 19.8 Å². The zero-order valence-electron chi connectivity index (χ0n) is 17.1. The number of ether oxygens (including phenoxy) is 2. The third-order valence-electron chi connectivity index (χ3n) is 5.67. The van der Waals surface area contributed by atoms with Gasteiger partial charge in [0.25, 0.3) is 5.91 Å². The minimum atomic E-state index is -0.219. The number of aromatic nitrogens is 2. The molecule has 0 spiro atoms. The van der Waals surface area contributed by atoms with E-state index >= 15 is 0 Å². The normalized spacial score (nSPS) is 12.4. The number of aromatic amines is 1. The van der Waals surface area contributed by atoms with Crippen molar-refractivity contribution in [3.63, 3.8) is 0 Å². The van der Waals surface area contributed by atoms with Crippen LogP contribution in [0.3, 0.4) is 0 Å². The van der Waals surface area contributed by atoms with Gasteiger partial charge in [0.2, 0.25) is 6.79 Å². The van der Waals surface area contributed by atoms with E-state index in [4.69, 9.17) is 14.5 Å². The van der Waals surface area contributed by atoms with Gasteiger partial charge in [-0.05, 0) is 35.9 Å². The first-order valence-electron chi connectivity index (χ1n) is 10.4. The van der Waals surface area contributed by atoms with Crippen molar-refractivity contribution in [3.8, 4) is 22.8 Å². The van der Waals surface area contributed by atoms with Crippen LogP contribution in [-0.4, -0.2) is 22.7 Å². The van der Waals surface area contributed by atoms with E-state index in [1.807, 2.05) is 78.9 Å². The summed E-state index contributed by atoms with van der Waals surface area (Å²) in [4.78, 5) is 21.3. The van der Waals surface area contributed by atoms with Crippen LogP contribution in [0.4, 0.5) is 0 Å². The van der Waals surface area contributed by atoms with Crippen LogP contribution in [0.5, 0.6) is 11.5 Å². The first kappa shape index (κ1) is 18.4. The number of pyridine rings is 1. The van der Waals surface area contributed by atoms with Crippen molar-refractivity contribution in [2.24, 2.45) is 0 Å². The number of H-pyrrole nitrogens is 1. The quantitative estimate of drug-likeness (QED) is 0.426. The molecule has 0 radical (unpaired) electrons. The number of fused-ring (bicyclic) bond motifs is 4. The van der Waals surface area contributed by atoms with Crippen molar-refractivity contribution >= 4 is 27.7 Å². The van der Waals surface area contributed by atoms with E-state index in [2.05, 4.69) is 10.3 Å². The minimum absolute atomic E-state index is 0.204. The number of rotatable bonds is 4. The Labute approximate surface area is 183 Å². The summed E-state index contributed by atoms with van der Waals surface area (Å²) in [7, 11) is 0. The van der Waals surface area contributed by atoms with Crippen LogP contribution in [0.25, 0.3) is 33.1 Å². The van der Waals surface area contributed by atoms with Gasteiger partial charge in [-0.2, -0.15) is 0 Å². The van der Waals surface area contributed by atoms with Crippen molar-refractivity contribution in [3.05, 3.63) is 90.1 Å². The lowest BCUT2D eigenvalue weighted by Gasteiger charge is -2.09. The molecule has 6 heteroatoms. The van der Waals surface area contributed by atoms with Gasteiger partial charge in [-0.25, -0.2) is 4.98 Å². The van der Waals surface area contributed by atoms with E-state index in [-0.39, 0.29) is 12.7 Å². The van der Waals surface area contributed by atoms with Crippen LogP contribution >= 0.6 is 0 Å². The van der Waals surface area contributed by atoms with E-state index in [0.29, 0.717) is 29.4 Å². The second kappa shape index (κ2) is 7.42. The number of amides is 1. The summed E-state index contributed by atoms with van der Waals surface area (Å²) in [5, 5.41) is 4.98. The van der Waals surface area contributed by atoms with Crippen LogP contribution < -0.4 is 14.8 Å². The summed E-state index contributed by atoms with van der Waals surface area (Å²) in [6, 6.07) is 25.4. The summed E-state index contributed by atoms with van der Waals surface area (Å²) in [6.07, 6.45) is 0. The van der Waals surface area contributed by atoms with Crippen LogP contribution in [0.2, 0.25) is 0 Å². The van der Waals surface area contributed by atoms with E-state index in [9.17, 15) is 4.79 Å². The summed E-state index contributed by atoms with van der Waals surface area (Å²) in [5.74, 6) is 1.16. The fourth-order valence-electron chi connectivity index (χ4n) is 4.08. The van der Waals surface area contributed by atoms with Crippen molar-refractivity contribution in [2.45, 2.75) is 6.54 Å². The molecule has 1 amide bonds. The topological polar surface area (TPSA) is 76.2 Å². The molecular formula is C26H19N3O3. The molecule has 32 heavy (non-hydrogen) atoms. The summed E-state index contributed by atoms with van der Waals surface area (Å²) in [5.41, 5.74) is 4.82. The van der Waals surface area contributed by atoms with Crippen LogP contribution in [0, 0.1) is 0 Å². The molecule has 2 N–H and O–H groups in total. The molecule has 6 nitrogen and oxygen atoms in total. The van der Waals surface area contributed by atoms with E-state index in [1.165, 1.54) is 0 Å². The minimum Gasteiger partial charge on any atom is -0.454 e. The lowest BCUT2D eigenvalue weighted by atomic mass is 10.1. The van der Waals surface area contributed by atoms with Gasteiger partial charge in [0.15, 0.2) is 11.5 Å². The molecule has 0 saturated heterocycles. The molecule has 1 aliphatic rings. The van der Waals surface area contributed by atoms with Gasteiger partial charge >= 0.3 is 0 Å². The maximum Gasteiger partial charge on any atom is 0.270 e. The highest BCUT2D eigenvalue weighted by molar-refractivity contribution is 6.13. The molecular weight excluding hydrogens is 402 g/mol. The Morgan fingerprint density at radius 1 is 0.906 bits per heavy atom. The van der Waals surface area contributed by atoms with Gasteiger partial charge in [-0.15, -0.1) is 0 Å². The predicted molar refractivity (Wildman–Crippen MR) is 123 cm³/mol. The molecule has 0 fully saturated rings. The molecule has 0 unspecified atom stereocenters. The summed E-state index contributed by atoms with van der Waals surface area (Å²) >= 11 is 0. The second-order valence-corrected chi connectivity index (χ2v) is 7.69. The van der Waals surface area contributed by atoms with Crippen LogP contribution in [0.15, 0.2) is 78.9 Å². The van der Waals surface area contributed by atoms with Crippen molar-refractivity contribution in [1.82, 2.24) is 15.3 Å². The standard InChI is InChI=1S/C26H19N3O3/c30-26(27-14-16-6-2-1-3-7-16)21-13-19-18-8-4-5-9-20(18)28-25(19)24(29-21)17-10-11-22-23(12-17)32-15-31-22/h1-13,28H,14-15H2,(H,27,30). The predicted octanol–water partition coefficient (Wildman–Crippen LogP) is 5.04. The zero-order valence-corrected chi connectivity index (χ0v) is 17.1. The first-order chi connectivity index (χ1) is 15.8. The van der Waals surface area contributed by atoms with Gasteiger partial charge in [-0.1, -0.05) is 48.5 Å². The van der Waals surface area contributed by atoms with Gasteiger partial charge in [0.05, 0.1) is 11.2 Å². The number of nitrogens with one attached hydrogen (secondary N) is 2. The zero-order chi connectivity index (χ0) is 21.5. The van der Waals surface area contributed by atoms with Crippen molar-refractivity contribution in [2.75, 3.05) is 6.79 Å². The number of carbonyl (C=O) groups is 1. The molecule has 2 aromatic heterocycles. The smallest absolute Gasteiger partial charge is 0.270 e. The van der Waals surface area contributed by atoms with E-state index < -0.39 is 0 Å². The molecule has 0 bridgehead atoms. The Morgan fingerprint density at radius 2 is 1.72 bits per heavy atom. The number of hydrogen-bond donors (Lipinski definition) is 2. The summed E-state index contributed by atoms with van der Waals surface area (Å²) in [6.45, 7) is 0.641. The fourth-order valence-corrected chi connectivity index (χ4v) is 4.08. The average Bonchev–Trinajstić information content (AvgIpc) is 3.46. The van der Waals surface area contributed by atoms with Gasteiger partial charge in [0, 0.05) is 28.4 Å². The molecule has 3 aromatic carbocycles. The highest BCUT2D eigenvalue weighted by atomic mass is 16.7. The molecule has 5 aromatic rings. The monoisotopic (exact) mass is 421 g/mol. The Hall–Kier alpha value is -4.32. The largest absolute Gasteiger partial charge is 0.454 e. The molecule has 0 atom stereocenters. The van der Waals surface area contributed by atoms with Crippen LogP contribution in [0.1, 0.15) is 16.1 Å². The number of para-hydroxylation sites is 1. The average molecular weight is 421 g/mol. The maximum atomic E-state index is 13.1. The lowest BCUT2D eigenvalue weighted by Crippen LogP contribution is -2.24. The molecule has 3 heterocycles. The fraction of sp³-hybridized carbons (Fsp3) is 0.0769. The third kappa shape index (κ3) is 3.13. The molecule has 6 rings (SSSR count). The maximum absolute atomic E-state index is 13.1. The number of carbonyl (C=O) groups excluding carboxylic acids is 1. The van der Waals surface area contributed by atoms with Crippen molar-refractivity contribution < 1.29 is 14.3 Å². The van der Waals surface area contributed by atoms with E-state index in [1.54, 1.807) is 0 Å².